The lowest BCUT2D eigenvalue weighted by atomic mass is 10.1. The number of carbonyl (C=O) groups excluding carboxylic acids is 3. The van der Waals surface area contributed by atoms with Crippen molar-refractivity contribution < 1.29 is 28.6 Å². The van der Waals surface area contributed by atoms with Crippen LogP contribution < -0.4 is 0 Å². The topological polar surface area (TPSA) is 78.9 Å². The molecule has 0 aliphatic heterocycles. The summed E-state index contributed by atoms with van der Waals surface area (Å²) in [6.45, 7) is 6.31. The lowest BCUT2D eigenvalue weighted by Gasteiger charge is -2.18. The molecule has 0 aromatic carbocycles. The van der Waals surface area contributed by atoms with Crippen LogP contribution in [0.4, 0.5) is 0 Å². The second-order valence-corrected chi connectivity index (χ2v) is 16.3. The first-order valence-corrected chi connectivity index (χ1v) is 25.4. The minimum atomic E-state index is -0.812. The first-order chi connectivity index (χ1) is 31.0. The van der Waals surface area contributed by atoms with Crippen LogP contribution >= 0.6 is 0 Å². The molecular formula is C57H92O6. The molecule has 0 rings (SSSR count). The molecule has 0 radical (unpaired) electrons. The summed E-state index contributed by atoms with van der Waals surface area (Å²) >= 11 is 0. The molecule has 0 unspecified atom stereocenters. The van der Waals surface area contributed by atoms with Gasteiger partial charge in [-0.15, -0.1) is 0 Å². The fourth-order valence-corrected chi connectivity index (χ4v) is 6.48. The molecule has 0 fully saturated rings. The molecule has 0 spiro atoms. The number of allylic oxidation sites excluding steroid dienone is 18. The zero-order chi connectivity index (χ0) is 45.8. The molecular weight excluding hydrogens is 781 g/mol. The van der Waals surface area contributed by atoms with Crippen LogP contribution in [0.3, 0.4) is 0 Å². The second kappa shape index (κ2) is 50.7. The molecule has 6 nitrogen and oxygen atoms in total. The molecule has 0 saturated carbocycles. The van der Waals surface area contributed by atoms with Gasteiger partial charge in [0.05, 0.1) is 0 Å². The van der Waals surface area contributed by atoms with Crippen molar-refractivity contribution in [2.45, 2.75) is 219 Å². The number of hydrogen-bond acceptors (Lipinski definition) is 6. The van der Waals surface area contributed by atoms with Crippen molar-refractivity contribution in [1.82, 2.24) is 0 Å². The first-order valence-electron chi connectivity index (χ1n) is 25.4. The van der Waals surface area contributed by atoms with E-state index in [4.69, 9.17) is 14.2 Å². The van der Waals surface area contributed by atoms with Crippen LogP contribution in [-0.4, -0.2) is 37.2 Å². The first kappa shape index (κ1) is 59.1. The van der Waals surface area contributed by atoms with Crippen LogP contribution in [0.15, 0.2) is 109 Å². The average molecular weight is 873 g/mol. The normalized spacial score (nSPS) is 13.0. The van der Waals surface area contributed by atoms with E-state index in [9.17, 15) is 14.4 Å². The minimum Gasteiger partial charge on any atom is -0.462 e. The Labute approximate surface area is 387 Å². The van der Waals surface area contributed by atoms with Gasteiger partial charge in [-0.05, 0) is 122 Å². The quantitative estimate of drug-likeness (QED) is 0.0263. The van der Waals surface area contributed by atoms with Gasteiger partial charge in [-0.2, -0.15) is 0 Å². The highest BCUT2D eigenvalue weighted by molar-refractivity contribution is 5.71. The zero-order valence-electron chi connectivity index (χ0n) is 40.5. The Balaban J connectivity index is 4.53. The third kappa shape index (κ3) is 49.0. The van der Waals surface area contributed by atoms with Crippen molar-refractivity contribution in [3.05, 3.63) is 109 Å². The maximum absolute atomic E-state index is 12.8. The van der Waals surface area contributed by atoms with E-state index >= 15 is 0 Å². The predicted molar refractivity (Wildman–Crippen MR) is 270 cm³/mol. The standard InChI is InChI=1S/C57H92O6/c1-4-7-10-13-16-19-22-25-27-28-30-33-36-39-42-45-48-51-57(60)63-54(52-61-55(58)49-46-43-40-37-34-31-24-21-18-15-12-9-6-3)53-62-56(59)50-47-44-41-38-35-32-29-26-23-20-17-14-11-8-5-2/h7-8,10-11,16-17,19-21,24-27,29-30,33,35,38,54H,4-6,9,12-15,18,22-23,28,31-32,34,36-37,39-53H2,1-3H3/b10-7-,11-8-,19-16-,20-17-,24-21-,27-25-,29-26-,33-30-,38-35-/t54-/m0/s1. The van der Waals surface area contributed by atoms with E-state index in [1.54, 1.807) is 0 Å². The molecule has 0 amide bonds. The van der Waals surface area contributed by atoms with E-state index < -0.39 is 6.10 Å². The average Bonchev–Trinajstić information content (AvgIpc) is 3.28. The number of rotatable bonds is 44. The van der Waals surface area contributed by atoms with Gasteiger partial charge in [0.15, 0.2) is 6.10 Å². The Hall–Kier alpha value is -3.93. The van der Waals surface area contributed by atoms with E-state index in [1.807, 2.05) is 0 Å². The van der Waals surface area contributed by atoms with Crippen LogP contribution in [0, 0.1) is 0 Å². The van der Waals surface area contributed by atoms with Gasteiger partial charge in [-0.1, -0.05) is 182 Å². The van der Waals surface area contributed by atoms with Crippen molar-refractivity contribution in [3.8, 4) is 0 Å². The largest absolute Gasteiger partial charge is 0.462 e. The summed E-state index contributed by atoms with van der Waals surface area (Å²) in [5, 5.41) is 0. The minimum absolute atomic E-state index is 0.108. The molecule has 63 heavy (non-hydrogen) atoms. The van der Waals surface area contributed by atoms with E-state index in [1.165, 1.54) is 38.5 Å². The van der Waals surface area contributed by atoms with Gasteiger partial charge >= 0.3 is 17.9 Å². The van der Waals surface area contributed by atoms with Crippen LogP contribution in [0.25, 0.3) is 0 Å². The van der Waals surface area contributed by atoms with E-state index in [-0.39, 0.29) is 37.5 Å². The Morgan fingerprint density at radius 3 is 1.02 bits per heavy atom. The van der Waals surface area contributed by atoms with Gasteiger partial charge in [-0.3, -0.25) is 14.4 Å². The van der Waals surface area contributed by atoms with Gasteiger partial charge in [0, 0.05) is 19.3 Å². The summed E-state index contributed by atoms with van der Waals surface area (Å²) in [6.07, 6.45) is 67.8. The fourth-order valence-electron chi connectivity index (χ4n) is 6.48. The molecule has 0 aliphatic rings. The number of unbranched alkanes of at least 4 members (excludes halogenated alkanes) is 15. The van der Waals surface area contributed by atoms with Crippen LogP contribution in [0.1, 0.15) is 213 Å². The highest BCUT2D eigenvalue weighted by atomic mass is 16.6. The van der Waals surface area contributed by atoms with E-state index in [0.717, 1.165) is 128 Å². The monoisotopic (exact) mass is 873 g/mol. The van der Waals surface area contributed by atoms with Gasteiger partial charge in [0.25, 0.3) is 0 Å². The molecule has 0 heterocycles. The number of hydrogen-bond donors (Lipinski definition) is 0. The maximum Gasteiger partial charge on any atom is 0.306 e. The van der Waals surface area contributed by atoms with Crippen LogP contribution in [-0.2, 0) is 28.6 Å². The third-order valence-corrected chi connectivity index (χ3v) is 10.2. The van der Waals surface area contributed by atoms with Crippen molar-refractivity contribution in [1.29, 1.82) is 0 Å². The maximum atomic E-state index is 12.8. The van der Waals surface area contributed by atoms with Gasteiger partial charge in [-0.25, -0.2) is 0 Å². The smallest absolute Gasteiger partial charge is 0.306 e. The van der Waals surface area contributed by atoms with Crippen molar-refractivity contribution in [3.63, 3.8) is 0 Å². The highest BCUT2D eigenvalue weighted by Gasteiger charge is 2.19. The molecule has 0 aromatic rings. The van der Waals surface area contributed by atoms with Crippen molar-refractivity contribution >= 4 is 17.9 Å². The Morgan fingerprint density at radius 1 is 0.333 bits per heavy atom. The lowest BCUT2D eigenvalue weighted by Crippen LogP contribution is -2.30. The van der Waals surface area contributed by atoms with Crippen LogP contribution in [0.2, 0.25) is 0 Å². The summed E-state index contributed by atoms with van der Waals surface area (Å²) in [5.74, 6) is -0.990. The summed E-state index contributed by atoms with van der Waals surface area (Å²) < 4.78 is 16.7. The fraction of sp³-hybridized carbons (Fsp3) is 0.632. The predicted octanol–water partition coefficient (Wildman–Crippen LogP) is 16.8. The summed E-state index contributed by atoms with van der Waals surface area (Å²) in [7, 11) is 0. The Kier molecular flexibility index (Phi) is 47.5. The molecule has 1 atom stereocenters. The van der Waals surface area contributed by atoms with E-state index in [0.29, 0.717) is 19.3 Å². The lowest BCUT2D eigenvalue weighted by molar-refractivity contribution is -0.167. The number of esters is 3. The van der Waals surface area contributed by atoms with E-state index in [2.05, 4.69) is 130 Å². The number of carbonyl (C=O) groups is 3. The summed E-state index contributed by atoms with van der Waals surface area (Å²) in [6, 6.07) is 0. The molecule has 356 valence electrons. The summed E-state index contributed by atoms with van der Waals surface area (Å²) in [4.78, 5) is 38.0. The number of ether oxygens (including phenoxy) is 3. The van der Waals surface area contributed by atoms with Gasteiger partial charge in [0.2, 0.25) is 0 Å². The molecule has 0 saturated heterocycles. The zero-order valence-corrected chi connectivity index (χ0v) is 40.5. The Bertz CT molecular complexity index is 1330. The highest BCUT2D eigenvalue weighted by Crippen LogP contribution is 2.12. The molecule has 0 aliphatic carbocycles. The van der Waals surface area contributed by atoms with Crippen molar-refractivity contribution in [2.24, 2.45) is 0 Å². The SMILES string of the molecule is CC/C=C\C/C=C\C/C=C\C/C=C\CCCCCCC(=O)O[C@H](COC(=O)CCCC/C=C\C/C=C\C/C=C\C/C=C\CC)COC(=O)CCCCCCC/C=C\CCCCCC. The molecule has 0 bridgehead atoms. The second-order valence-electron chi connectivity index (χ2n) is 16.3. The van der Waals surface area contributed by atoms with Crippen molar-refractivity contribution in [2.75, 3.05) is 13.2 Å². The molecule has 0 aromatic heterocycles. The van der Waals surface area contributed by atoms with Gasteiger partial charge < -0.3 is 14.2 Å². The van der Waals surface area contributed by atoms with Crippen LogP contribution in [0.5, 0.6) is 0 Å². The molecule has 6 heteroatoms. The Morgan fingerprint density at radius 2 is 0.619 bits per heavy atom. The third-order valence-electron chi connectivity index (χ3n) is 10.2. The van der Waals surface area contributed by atoms with Gasteiger partial charge in [0.1, 0.15) is 13.2 Å². The summed E-state index contributed by atoms with van der Waals surface area (Å²) in [5.41, 5.74) is 0. The molecule has 0 N–H and O–H groups in total.